The van der Waals surface area contributed by atoms with Gasteiger partial charge in [-0.15, -0.1) is 0 Å². The molecule has 0 spiro atoms. The Bertz CT molecular complexity index is 824. The largest absolute Gasteiger partial charge is 0.399 e. The number of aromatic nitrogens is 2. The predicted molar refractivity (Wildman–Crippen MR) is 92.9 cm³/mol. The van der Waals surface area contributed by atoms with Gasteiger partial charge in [0.15, 0.2) is 0 Å². The highest BCUT2D eigenvalue weighted by Crippen LogP contribution is 2.28. The summed E-state index contributed by atoms with van der Waals surface area (Å²) in [5, 5.41) is 4.26. The Balaban J connectivity index is 2.09. The van der Waals surface area contributed by atoms with Gasteiger partial charge in [0.05, 0.1) is 5.52 Å². The van der Waals surface area contributed by atoms with Crippen LogP contribution < -0.4 is 11.1 Å². The van der Waals surface area contributed by atoms with Crippen LogP contribution in [0.25, 0.3) is 22.0 Å². The molecule has 1 aromatic heterocycles. The molecule has 0 radical (unpaired) electrons. The molecule has 2 aromatic carbocycles. The molecule has 1 heterocycles. The van der Waals surface area contributed by atoms with Gasteiger partial charge < -0.3 is 11.1 Å². The van der Waals surface area contributed by atoms with E-state index in [1.807, 2.05) is 24.4 Å². The zero-order valence-corrected chi connectivity index (χ0v) is 13.1. The van der Waals surface area contributed by atoms with Crippen LogP contribution in [0.15, 0.2) is 42.6 Å². The molecule has 4 nitrogen and oxygen atoms in total. The Kier molecular flexibility index (Phi) is 3.67. The number of nitrogen functional groups attached to an aromatic ring is 1. The molecule has 0 fully saturated rings. The second-order valence-corrected chi connectivity index (χ2v) is 5.84. The van der Waals surface area contributed by atoms with Gasteiger partial charge in [-0.2, -0.15) is 0 Å². The maximum atomic E-state index is 5.89. The Morgan fingerprint density at radius 3 is 2.68 bits per heavy atom. The van der Waals surface area contributed by atoms with E-state index in [0.29, 0.717) is 12.0 Å². The first-order chi connectivity index (χ1) is 10.5. The average molecular weight is 292 g/mol. The van der Waals surface area contributed by atoms with Gasteiger partial charge >= 0.3 is 0 Å². The molecule has 0 aliphatic carbocycles. The number of nitrogens with two attached hydrogens (primary N) is 1. The van der Waals surface area contributed by atoms with Crippen molar-refractivity contribution in [3.63, 3.8) is 0 Å². The van der Waals surface area contributed by atoms with Crippen LogP contribution in [0.1, 0.15) is 19.4 Å². The second-order valence-electron chi connectivity index (χ2n) is 5.84. The number of aryl methyl sites for hydroxylation is 1. The van der Waals surface area contributed by atoms with Crippen molar-refractivity contribution in [2.75, 3.05) is 11.1 Å². The molecular formula is C18H20N4. The van der Waals surface area contributed by atoms with Gasteiger partial charge in [0.1, 0.15) is 0 Å². The van der Waals surface area contributed by atoms with Crippen LogP contribution in [0.2, 0.25) is 0 Å². The van der Waals surface area contributed by atoms with Crippen molar-refractivity contribution in [1.29, 1.82) is 0 Å². The minimum absolute atomic E-state index is 0.310. The number of hydrogen-bond acceptors (Lipinski definition) is 4. The number of anilines is 2. The van der Waals surface area contributed by atoms with Crippen molar-refractivity contribution in [1.82, 2.24) is 9.97 Å². The van der Waals surface area contributed by atoms with Gasteiger partial charge in [-0.1, -0.05) is 12.1 Å². The topological polar surface area (TPSA) is 63.8 Å². The third-order valence-corrected chi connectivity index (χ3v) is 3.54. The van der Waals surface area contributed by atoms with Crippen molar-refractivity contribution in [3.8, 4) is 11.1 Å². The highest BCUT2D eigenvalue weighted by atomic mass is 15.1. The van der Waals surface area contributed by atoms with E-state index in [0.717, 1.165) is 27.7 Å². The lowest BCUT2D eigenvalue weighted by molar-refractivity contribution is 0.878. The highest BCUT2D eigenvalue weighted by molar-refractivity contribution is 5.87. The maximum Gasteiger partial charge on any atom is 0.223 e. The van der Waals surface area contributed by atoms with Crippen LogP contribution in [-0.2, 0) is 0 Å². The number of rotatable bonds is 3. The van der Waals surface area contributed by atoms with E-state index in [-0.39, 0.29) is 0 Å². The minimum Gasteiger partial charge on any atom is -0.399 e. The molecule has 3 N–H and O–H groups in total. The summed E-state index contributed by atoms with van der Waals surface area (Å²) in [6.07, 6.45) is 1.86. The number of nitrogens with zero attached hydrogens (tertiary/aromatic N) is 2. The third-order valence-electron chi connectivity index (χ3n) is 3.54. The van der Waals surface area contributed by atoms with Crippen LogP contribution in [0.3, 0.4) is 0 Å². The first kappa shape index (κ1) is 14.3. The van der Waals surface area contributed by atoms with Crippen LogP contribution in [0.5, 0.6) is 0 Å². The van der Waals surface area contributed by atoms with E-state index in [1.54, 1.807) is 0 Å². The average Bonchev–Trinajstić information content (AvgIpc) is 2.45. The van der Waals surface area contributed by atoms with Crippen LogP contribution in [0.4, 0.5) is 11.6 Å². The standard InChI is InChI=1S/C18H20N4/c1-11(2)21-18-20-10-14-9-16(12(3)7-17(14)22-18)13-5-4-6-15(19)8-13/h4-11H,19H2,1-3H3,(H,20,21,22). The number of hydrogen-bond donors (Lipinski definition) is 2. The molecule has 0 saturated carbocycles. The number of nitrogens with one attached hydrogen (secondary N) is 1. The molecule has 0 aliphatic heterocycles. The van der Waals surface area contributed by atoms with Gasteiger partial charge in [0.25, 0.3) is 0 Å². The quantitative estimate of drug-likeness (QED) is 0.716. The van der Waals surface area contributed by atoms with Crippen LogP contribution in [-0.4, -0.2) is 16.0 Å². The monoisotopic (exact) mass is 292 g/mol. The lowest BCUT2D eigenvalue weighted by Crippen LogP contribution is -2.12. The van der Waals surface area contributed by atoms with E-state index in [1.165, 1.54) is 5.56 Å². The SMILES string of the molecule is Cc1cc2nc(NC(C)C)ncc2cc1-c1cccc(N)c1. The van der Waals surface area contributed by atoms with Crippen LogP contribution >= 0.6 is 0 Å². The summed E-state index contributed by atoms with van der Waals surface area (Å²) in [6, 6.07) is 12.5. The molecule has 3 rings (SSSR count). The van der Waals surface area contributed by atoms with Crippen molar-refractivity contribution < 1.29 is 0 Å². The first-order valence-electron chi connectivity index (χ1n) is 7.43. The lowest BCUT2D eigenvalue weighted by atomic mass is 9.98. The summed E-state index contributed by atoms with van der Waals surface area (Å²) in [5.41, 5.74) is 11.1. The molecule has 4 heteroatoms. The summed E-state index contributed by atoms with van der Waals surface area (Å²) in [7, 11) is 0. The van der Waals surface area contributed by atoms with Gasteiger partial charge in [-0.3, -0.25) is 0 Å². The summed E-state index contributed by atoms with van der Waals surface area (Å²) < 4.78 is 0. The van der Waals surface area contributed by atoms with E-state index >= 15 is 0 Å². The molecule has 22 heavy (non-hydrogen) atoms. The fourth-order valence-corrected chi connectivity index (χ4v) is 2.53. The van der Waals surface area contributed by atoms with E-state index in [9.17, 15) is 0 Å². The van der Waals surface area contributed by atoms with Crippen molar-refractivity contribution in [3.05, 3.63) is 48.2 Å². The minimum atomic E-state index is 0.310. The first-order valence-corrected chi connectivity index (χ1v) is 7.43. The van der Waals surface area contributed by atoms with Crippen molar-refractivity contribution in [2.24, 2.45) is 0 Å². The fourth-order valence-electron chi connectivity index (χ4n) is 2.53. The summed E-state index contributed by atoms with van der Waals surface area (Å²) in [4.78, 5) is 8.96. The Hall–Kier alpha value is -2.62. The lowest BCUT2D eigenvalue weighted by Gasteiger charge is -2.11. The van der Waals surface area contributed by atoms with Crippen LogP contribution in [0, 0.1) is 6.92 Å². The molecule has 0 unspecified atom stereocenters. The molecule has 3 aromatic rings. The normalized spacial score (nSPS) is 11.1. The zero-order chi connectivity index (χ0) is 15.7. The highest BCUT2D eigenvalue weighted by Gasteiger charge is 2.07. The molecule has 0 saturated heterocycles. The maximum absolute atomic E-state index is 5.89. The molecular weight excluding hydrogens is 272 g/mol. The zero-order valence-electron chi connectivity index (χ0n) is 13.1. The van der Waals surface area contributed by atoms with E-state index < -0.39 is 0 Å². The third kappa shape index (κ3) is 2.86. The number of benzene rings is 2. The Morgan fingerprint density at radius 1 is 1.14 bits per heavy atom. The van der Waals surface area contributed by atoms with Crippen molar-refractivity contribution in [2.45, 2.75) is 26.8 Å². The molecule has 112 valence electrons. The molecule has 0 amide bonds. The molecule has 0 bridgehead atoms. The number of fused-ring (bicyclic) bond motifs is 1. The Labute approximate surface area is 130 Å². The van der Waals surface area contributed by atoms with Gasteiger partial charge in [0.2, 0.25) is 5.95 Å². The second kappa shape index (κ2) is 5.64. The summed E-state index contributed by atoms with van der Waals surface area (Å²) in [6.45, 7) is 6.24. The summed E-state index contributed by atoms with van der Waals surface area (Å²) >= 11 is 0. The summed E-state index contributed by atoms with van der Waals surface area (Å²) in [5.74, 6) is 0.665. The smallest absolute Gasteiger partial charge is 0.223 e. The Morgan fingerprint density at radius 2 is 1.95 bits per heavy atom. The van der Waals surface area contributed by atoms with Gasteiger partial charge in [0, 0.05) is 23.3 Å². The van der Waals surface area contributed by atoms with E-state index in [2.05, 4.69) is 54.3 Å². The van der Waals surface area contributed by atoms with Crippen molar-refractivity contribution >= 4 is 22.5 Å². The molecule has 0 atom stereocenters. The predicted octanol–water partition coefficient (Wildman–Crippen LogP) is 4.01. The van der Waals surface area contributed by atoms with Gasteiger partial charge in [-0.25, -0.2) is 9.97 Å². The fraction of sp³-hybridized carbons (Fsp3) is 0.222. The van der Waals surface area contributed by atoms with Gasteiger partial charge in [-0.05, 0) is 61.7 Å². The van der Waals surface area contributed by atoms with E-state index in [4.69, 9.17) is 5.73 Å². The molecule has 0 aliphatic rings.